The predicted molar refractivity (Wildman–Crippen MR) is 67.4 cm³/mol. The molecule has 16 heavy (non-hydrogen) atoms. The van der Waals surface area contributed by atoms with Crippen LogP contribution in [0.25, 0.3) is 0 Å². The van der Waals surface area contributed by atoms with E-state index in [2.05, 4.69) is 40.4 Å². The second-order valence-corrected chi connectivity index (χ2v) is 4.70. The van der Waals surface area contributed by atoms with Crippen LogP contribution >= 0.6 is 11.3 Å². The summed E-state index contributed by atoms with van der Waals surface area (Å²) in [6.07, 6.45) is 5.10. The minimum Gasteiger partial charge on any atom is -0.306 e. The molecule has 0 aliphatic carbocycles. The first kappa shape index (κ1) is 11.4. The van der Waals surface area contributed by atoms with Crippen molar-refractivity contribution in [3.05, 3.63) is 40.3 Å². The van der Waals surface area contributed by atoms with Crippen molar-refractivity contribution in [2.24, 2.45) is 7.05 Å². The van der Waals surface area contributed by atoms with E-state index in [9.17, 15) is 0 Å². The summed E-state index contributed by atoms with van der Waals surface area (Å²) in [6.45, 7) is 3.12. The molecule has 0 amide bonds. The smallest absolute Gasteiger partial charge is 0.0537 e. The van der Waals surface area contributed by atoms with Crippen molar-refractivity contribution in [1.29, 1.82) is 0 Å². The molecule has 0 saturated carbocycles. The Labute approximate surface area is 100 Å². The van der Waals surface area contributed by atoms with Crippen LogP contribution in [0.3, 0.4) is 0 Å². The molecule has 4 heteroatoms. The molecule has 0 aromatic carbocycles. The van der Waals surface area contributed by atoms with Crippen LogP contribution in [-0.4, -0.2) is 9.78 Å². The van der Waals surface area contributed by atoms with Gasteiger partial charge < -0.3 is 5.32 Å². The van der Waals surface area contributed by atoms with Crippen LogP contribution in [0.1, 0.15) is 30.5 Å². The molecule has 86 valence electrons. The van der Waals surface area contributed by atoms with Crippen LogP contribution < -0.4 is 5.32 Å². The van der Waals surface area contributed by atoms with Crippen molar-refractivity contribution >= 4 is 11.3 Å². The average Bonchev–Trinajstić information content (AvgIpc) is 2.91. The minimum absolute atomic E-state index is 0.397. The number of aromatic nitrogens is 2. The molecule has 2 aromatic rings. The average molecular weight is 235 g/mol. The fourth-order valence-corrected chi connectivity index (χ4v) is 2.42. The van der Waals surface area contributed by atoms with Crippen molar-refractivity contribution in [2.75, 3.05) is 0 Å². The fraction of sp³-hybridized carbons (Fsp3) is 0.417. The molecule has 0 spiro atoms. The van der Waals surface area contributed by atoms with Crippen molar-refractivity contribution in [1.82, 2.24) is 15.1 Å². The molecule has 0 radical (unpaired) electrons. The molecule has 0 aliphatic heterocycles. The van der Waals surface area contributed by atoms with Crippen LogP contribution in [0.15, 0.2) is 29.2 Å². The Hall–Kier alpha value is -1.13. The molecule has 2 heterocycles. The molecule has 0 fully saturated rings. The van der Waals surface area contributed by atoms with Gasteiger partial charge in [0.1, 0.15) is 0 Å². The first-order valence-electron chi connectivity index (χ1n) is 5.52. The summed E-state index contributed by atoms with van der Waals surface area (Å²) in [5, 5.41) is 12.1. The number of hydrogen-bond donors (Lipinski definition) is 1. The van der Waals surface area contributed by atoms with Crippen LogP contribution in [0, 0.1) is 0 Å². The molecular weight excluding hydrogens is 218 g/mol. The Balaban J connectivity index is 1.96. The van der Waals surface area contributed by atoms with Crippen molar-refractivity contribution in [3.8, 4) is 0 Å². The van der Waals surface area contributed by atoms with Gasteiger partial charge in [-0.3, -0.25) is 4.68 Å². The normalized spacial score (nSPS) is 12.9. The molecular formula is C12H17N3S. The zero-order chi connectivity index (χ0) is 11.4. The van der Waals surface area contributed by atoms with Gasteiger partial charge in [-0.15, -0.1) is 0 Å². The molecule has 1 N–H and O–H groups in total. The highest BCUT2D eigenvalue weighted by atomic mass is 32.1. The standard InChI is InChI=1S/C12H17N3S/c1-3-12(11-7-14-15(2)8-11)13-6-10-4-5-16-9-10/h4-5,7-9,12-13H,3,6H2,1-2H3. The maximum Gasteiger partial charge on any atom is 0.0537 e. The zero-order valence-corrected chi connectivity index (χ0v) is 10.5. The van der Waals surface area contributed by atoms with Gasteiger partial charge in [0.25, 0.3) is 0 Å². The van der Waals surface area contributed by atoms with E-state index in [1.54, 1.807) is 11.3 Å². The van der Waals surface area contributed by atoms with Crippen LogP contribution in [0.4, 0.5) is 0 Å². The predicted octanol–water partition coefficient (Wildman–Crippen LogP) is 2.72. The molecule has 2 rings (SSSR count). The third-order valence-electron chi connectivity index (χ3n) is 2.67. The minimum atomic E-state index is 0.397. The van der Waals surface area contributed by atoms with E-state index in [1.807, 2.05) is 17.9 Å². The second kappa shape index (κ2) is 5.27. The van der Waals surface area contributed by atoms with E-state index in [1.165, 1.54) is 11.1 Å². The van der Waals surface area contributed by atoms with Gasteiger partial charge in [0.05, 0.1) is 6.20 Å². The topological polar surface area (TPSA) is 29.9 Å². The van der Waals surface area contributed by atoms with Gasteiger partial charge in [-0.25, -0.2) is 0 Å². The van der Waals surface area contributed by atoms with Gasteiger partial charge in [0.2, 0.25) is 0 Å². The SMILES string of the molecule is CCC(NCc1ccsc1)c1cnn(C)c1. The molecule has 0 saturated heterocycles. The molecule has 0 bridgehead atoms. The highest BCUT2D eigenvalue weighted by Gasteiger charge is 2.10. The molecule has 2 aromatic heterocycles. The highest BCUT2D eigenvalue weighted by Crippen LogP contribution is 2.16. The van der Waals surface area contributed by atoms with E-state index < -0.39 is 0 Å². The summed E-state index contributed by atoms with van der Waals surface area (Å²) in [5.41, 5.74) is 2.62. The molecule has 3 nitrogen and oxygen atoms in total. The van der Waals surface area contributed by atoms with E-state index >= 15 is 0 Å². The number of hydrogen-bond acceptors (Lipinski definition) is 3. The van der Waals surface area contributed by atoms with Crippen molar-refractivity contribution in [2.45, 2.75) is 25.9 Å². The van der Waals surface area contributed by atoms with Crippen LogP contribution in [0.2, 0.25) is 0 Å². The third-order valence-corrected chi connectivity index (χ3v) is 3.40. The van der Waals surface area contributed by atoms with Gasteiger partial charge in [-0.1, -0.05) is 6.92 Å². The van der Waals surface area contributed by atoms with Gasteiger partial charge >= 0.3 is 0 Å². The quantitative estimate of drug-likeness (QED) is 0.863. The lowest BCUT2D eigenvalue weighted by molar-refractivity contribution is 0.519. The van der Waals surface area contributed by atoms with Crippen LogP contribution in [-0.2, 0) is 13.6 Å². The van der Waals surface area contributed by atoms with E-state index in [4.69, 9.17) is 0 Å². The largest absolute Gasteiger partial charge is 0.306 e. The highest BCUT2D eigenvalue weighted by molar-refractivity contribution is 7.07. The van der Waals surface area contributed by atoms with Crippen LogP contribution in [0.5, 0.6) is 0 Å². The number of nitrogens with one attached hydrogen (secondary N) is 1. The zero-order valence-electron chi connectivity index (χ0n) is 9.68. The Morgan fingerprint density at radius 1 is 1.56 bits per heavy atom. The number of rotatable bonds is 5. The monoisotopic (exact) mass is 235 g/mol. The maximum absolute atomic E-state index is 4.21. The van der Waals surface area contributed by atoms with E-state index in [0.29, 0.717) is 6.04 Å². The Morgan fingerprint density at radius 3 is 3.00 bits per heavy atom. The first-order valence-corrected chi connectivity index (χ1v) is 6.47. The molecule has 1 unspecified atom stereocenters. The number of aryl methyl sites for hydroxylation is 1. The van der Waals surface area contributed by atoms with E-state index in [0.717, 1.165) is 13.0 Å². The molecule has 0 aliphatic rings. The lowest BCUT2D eigenvalue weighted by Gasteiger charge is -2.14. The Kier molecular flexibility index (Phi) is 3.74. The van der Waals surface area contributed by atoms with Gasteiger partial charge in [-0.05, 0) is 28.8 Å². The number of nitrogens with zero attached hydrogens (tertiary/aromatic N) is 2. The molecule has 1 atom stereocenters. The van der Waals surface area contributed by atoms with E-state index in [-0.39, 0.29) is 0 Å². The second-order valence-electron chi connectivity index (χ2n) is 3.92. The summed E-state index contributed by atoms with van der Waals surface area (Å²) in [5.74, 6) is 0. The Bertz CT molecular complexity index is 419. The lowest BCUT2D eigenvalue weighted by atomic mass is 10.1. The Morgan fingerprint density at radius 2 is 2.44 bits per heavy atom. The summed E-state index contributed by atoms with van der Waals surface area (Å²) < 4.78 is 1.85. The van der Waals surface area contributed by atoms with Gasteiger partial charge in [-0.2, -0.15) is 16.4 Å². The number of thiophene rings is 1. The summed E-state index contributed by atoms with van der Waals surface area (Å²) in [4.78, 5) is 0. The lowest BCUT2D eigenvalue weighted by Crippen LogP contribution is -2.19. The fourth-order valence-electron chi connectivity index (χ4n) is 1.75. The van der Waals surface area contributed by atoms with Crippen molar-refractivity contribution < 1.29 is 0 Å². The maximum atomic E-state index is 4.21. The summed E-state index contributed by atoms with van der Waals surface area (Å²) >= 11 is 1.74. The van der Waals surface area contributed by atoms with Gasteiger partial charge in [0, 0.05) is 31.4 Å². The van der Waals surface area contributed by atoms with Crippen molar-refractivity contribution in [3.63, 3.8) is 0 Å². The summed E-state index contributed by atoms with van der Waals surface area (Å²) in [7, 11) is 1.95. The summed E-state index contributed by atoms with van der Waals surface area (Å²) in [6, 6.07) is 2.56. The first-order chi connectivity index (χ1) is 7.79. The third kappa shape index (κ3) is 2.71. The van der Waals surface area contributed by atoms with Gasteiger partial charge in [0.15, 0.2) is 0 Å².